The van der Waals surface area contributed by atoms with E-state index in [1.54, 1.807) is 6.07 Å². The number of hydrogen-bond donors (Lipinski definition) is 0. The van der Waals surface area contributed by atoms with Gasteiger partial charge in [-0.1, -0.05) is 36.8 Å². The highest BCUT2D eigenvalue weighted by molar-refractivity contribution is 6.31. The smallest absolute Gasteiger partial charge is 0.218 e. The molecule has 0 aromatic carbocycles. The van der Waals surface area contributed by atoms with Crippen molar-refractivity contribution >= 4 is 28.8 Å². The van der Waals surface area contributed by atoms with Gasteiger partial charge in [0.2, 0.25) is 5.28 Å². The summed E-state index contributed by atoms with van der Waals surface area (Å²) in [6, 6.07) is 1.72. The quantitative estimate of drug-likeness (QED) is 0.552. The fraction of sp³-hybridized carbons (Fsp3) is 0.273. The molecule has 1 aromatic rings. The zero-order valence-corrected chi connectivity index (χ0v) is 9.76. The van der Waals surface area contributed by atoms with Gasteiger partial charge in [-0.25, -0.2) is 9.97 Å². The van der Waals surface area contributed by atoms with Crippen molar-refractivity contribution in [2.45, 2.75) is 13.3 Å². The molecule has 0 bridgehead atoms. The summed E-state index contributed by atoms with van der Waals surface area (Å²) in [5.41, 5.74) is 1.84. The van der Waals surface area contributed by atoms with E-state index < -0.39 is 0 Å². The average molecular weight is 241 g/mol. The van der Waals surface area contributed by atoms with Crippen LogP contribution >= 0.6 is 23.2 Å². The van der Waals surface area contributed by atoms with E-state index in [2.05, 4.69) is 29.0 Å². The lowest BCUT2D eigenvalue weighted by molar-refractivity contribution is 0.738. The van der Waals surface area contributed by atoms with Crippen molar-refractivity contribution in [2.75, 3.05) is 0 Å². The second kappa shape index (κ2) is 4.33. The van der Waals surface area contributed by atoms with Crippen molar-refractivity contribution in [3.8, 4) is 0 Å². The molecule has 0 fully saturated rings. The minimum Gasteiger partial charge on any atom is -0.218 e. The van der Waals surface area contributed by atoms with E-state index in [-0.39, 0.29) is 5.28 Å². The van der Waals surface area contributed by atoms with Gasteiger partial charge in [0.05, 0.1) is 5.69 Å². The van der Waals surface area contributed by atoms with Crippen LogP contribution in [-0.4, -0.2) is 9.97 Å². The molecule has 1 atom stereocenters. The van der Waals surface area contributed by atoms with Crippen molar-refractivity contribution in [2.24, 2.45) is 5.92 Å². The normalized spacial score (nSPS) is 20.2. The van der Waals surface area contributed by atoms with Crippen LogP contribution in [0.5, 0.6) is 0 Å². The number of nitrogens with zero attached hydrogens (tertiary/aromatic N) is 2. The van der Waals surface area contributed by atoms with Crippen molar-refractivity contribution in [3.05, 3.63) is 40.4 Å². The number of hydrogen-bond acceptors (Lipinski definition) is 2. The number of aromatic nitrogens is 2. The van der Waals surface area contributed by atoms with E-state index in [1.807, 2.05) is 6.08 Å². The third kappa shape index (κ3) is 2.58. The minimum atomic E-state index is 0.186. The summed E-state index contributed by atoms with van der Waals surface area (Å²) in [6.45, 7) is 2.17. The van der Waals surface area contributed by atoms with Gasteiger partial charge >= 0.3 is 0 Å². The van der Waals surface area contributed by atoms with E-state index in [0.717, 1.165) is 17.7 Å². The number of allylic oxidation sites excluding steroid dienone is 4. The van der Waals surface area contributed by atoms with Crippen LogP contribution in [0, 0.1) is 5.92 Å². The predicted octanol–water partition coefficient (Wildman–Crippen LogP) is 3.76. The van der Waals surface area contributed by atoms with Crippen LogP contribution in [0.1, 0.15) is 19.0 Å². The Morgan fingerprint density at radius 1 is 1.33 bits per heavy atom. The summed E-state index contributed by atoms with van der Waals surface area (Å²) in [7, 11) is 0. The fourth-order valence-corrected chi connectivity index (χ4v) is 1.86. The van der Waals surface area contributed by atoms with Gasteiger partial charge in [-0.15, -0.1) is 0 Å². The summed E-state index contributed by atoms with van der Waals surface area (Å²) >= 11 is 11.6. The molecule has 1 unspecified atom stereocenters. The SMILES string of the molecule is CC1C=CC(c2cc(Cl)nc(Cl)n2)=CC1. The van der Waals surface area contributed by atoms with E-state index in [9.17, 15) is 0 Å². The predicted molar refractivity (Wildman–Crippen MR) is 63.0 cm³/mol. The third-order valence-electron chi connectivity index (χ3n) is 2.28. The topological polar surface area (TPSA) is 25.8 Å². The highest BCUT2D eigenvalue weighted by Gasteiger charge is 2.08. The van der Waals surface area contributed by atoms with E-state index >= 15 is 0 Å². The van der Waals surface area contributed by atoms with Crippen molar-refractivity contribution in [1.82, 2.24) is 9.97 Å². The first kappa shape index (κ1) is 10.7. The number of rotatable bonds is 1. The van der Waals surface area contributed by atoms with Gasteiger partial charge in [0, 0.05) is 6.07 Å². The molecular formula is C11H10Cl2N2. The van der Waals surface area contributed by atoms with Crippen molar-refractivity contribution in [1.29, 1.82) is 0 Å². The lowest BCUT2D eigenvalue weighted by atomic mass is 9.97. The molecule has 0 radical (unpaired) electrons. The summed E-state index contributed by atoms with van der Waals surface area (Å²) in [6.07, 6.45) is 7.35. The van der Waals surface area contributed by atoms with Gasteiger partial charge in [0.25, 0.3) is 0 Å². The van der Waals surface area contributed by atoms with Crippen LogP contribution in [0.3, 0.4) is 0 Å². The van der Waals surface area contributed by atoms with Crippen LogP contribution in [0.25, 0.3) is 5.57 Å². The van der Waals surface area contributed by atoms with Crippen LogP contribution in [0.15, 0.2) is 24.3 Å². The molecule has 0 amide bonds. The molecule has 1 aliphatic rings. The van der Waals surface area contributed by atoms with Crippen molar-refractivity contribution in [3.63, 3.8) is 0 Å². The maximum Gasteiger partial charge on any atom is 0.224 e. The maximum absolute atomic E-state index is 5.81. The van der Waals surface area contributed by atoms with E-state index in [4.69, 9.17) is 23.2 Å². The highest BCUT2D eigenvalue weighted by Crippen LogP contribution is 2.24. The summed E-state index contributed by atoms with van der Waals surface area (Å²) in [5.74, 6) is 0.585. The largest absolute Gasteiger partial charge is 0.224 e. The molecule has 0 saturated carbocycles. The molecule has 0 N–H and O–H groups in total. The van der Waals surface area contributed by atoms with E-state index in [0.29, 0.717) is 11.1 Å². The molecule has 1 heterocycles. The fourth-order valence-electron chi connectivity index (χ4n) is 1.46. The van der Waals surface area contributed by atoms with Gasteiger partial charge in [0.1, 0.15) is 5.15 Å². The molecule has 2 rings (SSSR count). The molecule has 78 valence electrons. The Balaban J connectivity index is 2.34. The van der Waals surface area contributed by atoms with Crippen molar-refractivity contribution < 1.29 is 0 Å². The zero-order valence-electron chi connectivity index (χ0n) is 8.24. The lowest BCUT2D eigenvalue weighted by Gasteiger charge is -2.11. The molecule has 15 heavy (non-hydrogen) atoms. The Hall–Kier alpha value is -0.860. The van der Waals surface area contributed by atoms with Crippen LogP contribution in [0.4, 0.5) is 0 Å². The number of halogens is 2. The summed E-state index contributed by atoms with van der Waals surface area (Å²) < 4.78 is 0. The second-order valence-corrected chi connectivity index (χ2v) is 4.30. The Kier molecular flexibility index (Phi) is 3.08. The van der Waals surface area contributed by atoms with Gasteiger partial charge in [0.15, 0.2) is 0 Å². The molecule has 2 nitrogen and oxygen atoms in total. The monoisotopic (exact) mass is 240 g/mol. The molecule has 1 aromatic heterocycles. The highest BCUT2D eigenvalue weighted by atomic mass is 35.5. The summed E-state index contributed by atoms with van der Waals surface area (Å²) in [5, 5.41) is 0.559. The first-order valence-electron chi connectivity index (χ1n) is 4.74. The average Bonchev–Trinajstić information content (AvgIpc) is 2.17. The molecule has 0 saturated heterocycles. The molecule has 0 spiro atoms. The Morgan fingerprint density at radius 2 is 2.13 bits per heavy atom. The molecule has 0 aliphatic heterocycles. The van der Waals surface area contributed by atoms with Crippen LogP contribution in [-0.2, 0) is 0 Å². The zero-order chi connectivity index (χ0) is 10.8. The molecular weight excluding hydrogens is 231 g/mol. The first-order chi connectivity index (χ1) is 7.15. The van der Waals surface area contributed by atoms with Gasteiger partial charge < -0.3 is 0 Å². The Bertz CT molecular complexity index is 418. The summed E-state index contributed by atoms with van der Waals surface area (Å²) in [4.78, 5) is 7.95. The standard InChI is InChI=1S/C11H10Cl2N2/c1-7-2-4-8(5-3-7)9-6-10(12)15-11(13)14-9/h2,4-7H,3H2,1H3. The van der Waals surface area contributed by atoms with Crippen LogP contribution < -0.4 is 0 Å². The third-order valence-corrected chi connectivity index (χ3v) is 2.64. The minimum absolute atomic E-state index is 0.186. The Morgan fingerprint density at radius 3 is 2.73 bits per heavy atom. The van der Waals surface area contributed by atoms with Gasteiger partial charge in [-0.2, -0.15) is 0 Å². The lowest BCUT2D eigenvalue weighted by Crippen LogP contribution is -1.97. The van der Waals surface area contributed by atoms with E-state index in [1.165, 1.54) is 0 Å². The maximum atomic E-state index is 5.81. The first-order valence-corrected chi connectivity index (χ1v) is 5.49. The van der Waals surface area contributed by atoms with Crippen LogP contribution in [0.2, 0.25) is 10.4 Å². The molecule has 1 aliphatic carbocycles. The van der Waals surface area contributed by atoms with Gasteiger partial charge in [-0.05, 0) is 29.5 Å². The second-order valence-electron chi connectivity index (χ2n) is 3.58. The van der Waals surface area contributed by atoms with Gasteiger partial charge in [-0.3, -0.25) is 0 Å². The molecule has 4 heteroatoms. The Labute approximate surface area is 98.6 Å².